The molecule has 0 heterocycles. The van der Waals surface area contributed by atoms with Gasteiger partial charge in [-0.1, -0.05) is 13.0 Å². The van der Waals surface area contributed by atoms with E-state index in [-0.39, 0.29) is 24.4 Å². The number of anilines is 1. The summed E-state index contributed by atoms with van der Waals surface area (Å²) in [6, 6.07) is 7.39. The fourth-order valence-corrected chi connectivity index (χ4v) is 2.46. The van der Waals surface area contributed by atoms with Crippen LogP contribution in [0.3, 0.4) is 0 Å². The van der Waals surface area contributed by atoms with E-state index in [9.17, 15) is 4.79 Å². The first-order valence-electron chi connectivity index (χ1n) is 6.26. The van der Waals surface area contributed by atoms with Gasteiger partial charge in [-0.15, -0.1) is 12.4 Å². The van der Waals surface area contributed by atoms with Gasteiger partial charge in [0.1, 0.15) is 0 Å². The second-order valence-electron chi connectivity index (χ2n) is 4.38. The highest BCUT2D eigenvalue weighted by Gasteiger charge is 2.17. The number of nitrogens with two attached hydrogens (primary N) is 1. The Balaban J connectivity index is 0.00000324. The predicted octanol–water partition coefficient (Wildman–Crippen LogP) is 3.29. The zero-order chi connectivity index (χ0) is 13.5. The summed E-state index contributed by atoms with van der Waals surface area (Å²) in [5.74, 6) is 2.25. The zero-order valence-corrected chi connectivity index (χ0v) is 13.4. The predicted molar refractivity (Wildman–Crippen MR) is 87.3 cm³/mol. The Bertz CT molecular complexity index is 401. The van der Waals surface area contributed by atoms with Gasteiger partial charge < -0.3 is 10.6 Å². The lowest BCUT2D eigenvalue weighted by Crippen LogP contribution is -2.35. The molecule has 5 heteroatoms. The fraction of sp³-hybridized carbons (Fsp3) is 0.500. The van der Waals surface area contributed by atoms with Crippen LogP contribution in [0.5, 0.6) is 0 Å². The average molecular weight is 303 g/mol. The summed E-state index contributed by atoms with van der Waals surface area (Å²) >= 11 is 1.91. The van der Waals surface area contributed by atoms with Gasteiger partial charge in [-0.3, -0.25) is 4.79 Å². The molecule has 1 aromatic carbocycles. The van der Waals surface area contributed by atoms with Crippen molar-refractivity contribution in [2.75, 3.05) is 24.3 Å². The van der Waals surface area contributed by atoms with Gasteiger partial charge in [-0.2, -0.15) is 11.8 Å². The van der Waals surface area contributed by atoms with Crippen LogP contribution in [-0.4, -0.2) is 35.4 Å². The molecule has 0 saturated heterocycles. The van der Waals surface area contributed by atoms with Crippen molar-refractivity contribution < 1.29 is 4.79 Å². The van der Waals surface area contributed by atoms with Gasteiger partial charge in [0, 0.05) is 24.3 Å². The molecule has 0 aliphatic carbocycles. The standard InChI is InChI=1S/C14H22N2OS.ClH/c1-4-18-9-8-11(2)16(3)14(17)12-6-5-7-13(15)10-12;/h5-7,10-11H,4,8-9,15H2,1-3H3;1H. The number of amides is 1. The number of thioether (sulfide) groups is 1. The number of nitrogens with zero attached hydrogens (tertiary/aromatic N) is 1. The van der Waals surface area contributed by atoms with Gasteiger partial charge in [0.15, 0.2) is 0 Å². The maximum absolute atomic E-state index is 12.2. The van der Waals surface area contributed by atoms with E-state index in [1.807, 2.05) is 30.9 Å². The third kappa shape index (κ3) is 5.74. The van der Waals surface area contributed by atoms with Gasteiger partial charge in [0.25, 0.3) is 5.91 Å². The molecule has 108 valence electrons. The molecular formula is C14H23ClN2OS. The van der Waals surface area contributed by atoms with Gasteiger partial charge in [0.05, 0.1) is 0 Å². The lowest BCUT2D eigenvalue weighted by Gasteiger charge is -2.25. The van der Waals surface area contributed by atoms with Gasteiger partial charge in [0.2, 0.25) is 0 Å². The van der Waals surface area contributed by atoms with Crippen molar-refractivity contribution in [2.24, 2.45) is 0 Å². The minimum atomic E-state index is 0. The van der Waals surface area contributed by atoms with Crippen LogP contribution in [0.2, 0.25) is 0 Å². The first-order chi connectivity index (χ1) is 8.56. The topological polar surface area (TPSA) is 46.3 Å². The highest BCUT2D eigenvalue weighted by molar-refractivity contribution is 7.99. The minimum absolute atomic E-state index is 0. The minimum Gasteiger partial charge on any atom is -0.399 e. The Hall–Kier alpha value is -0.870. The van der Waals surface area contributed by atoms with Crippen molar-refractivity contribution in [1.82, 2.24) is 4.90 Å². The monoisotopic (exact) mass is 302 g/mol. The summed E-state index contributed by atoms with van der Waals surface area (Å²) in [5.41, 5.74) is 6.98. The smallest absolute Gasteiger partial charge is 0.253 e. The Labute approximate surface area is 126 Å². The second-order valence-corrected chi connectivity index (χ2v) is 5.77. The lowest BCUT2D eigenvalue weighted by atomic mass is 10.1. The van der Waals surface area contributed by atoms with E-state index in [1.54, 1.807) is 17.0 Å². The molecule has 0 radical (unpaired) electrons. The van der Waals surface area contributed by atoms with Crippen molar-refractivity contribution in [3.63, 3.8) is 0 Å². The molecule has 19 heavy (non-hydrogen) atoms. The first kappa shape index (κ1) is 18.1. The molecule has 0 spiro atoms. The first-order valence-corrected chi connectivity index (χ1v) is 7.42. The van der Waals surface area contributed by atoms with Crippen LogP contribution in [0.15, 0.2) is 24.3 Å². The second kappa shape index (κ2) is 9.10. The number of carbonyl (C=O) groups is 1. The van der Waals surface area contributed by atoms with E-state index in [1.165, 1.54) is 0 Å². The average Bonchev–Trinajstić information content (AvgIpc) is 2.37. The molecule has 0 fully saturated rings. The number of hydrogen-bond donors (Lipinski definition) is 1. The Morgan fingerprint density at radius 1 is 1.47 bits per heavy atom. The van der Waals surface area contributed by atoms with E-state index < -0.39 is 0 Å². The zero-order valence-electron chi connectivity index (χ0n) is 11.8. The molecule has 0 aliphatic heterocycles. The third-order valence-corrected chi connectivity index (χ3v) is 3.93. The maximum Gasteiger partial charge on any atom is 0.253 e. The van der Waals surface area contributed by atoms with Crippen molar-refractivity contribution in [1.29, 1.82) is 0 Å². The van der Waals surface area contributed by atoms with E-state index in [2.05, 4.69) is 13.8 Å². The van der Waals surface area contributed by atoms with Crippen LogP contribution < -0.4 is 5.73 Å². The number of nitrogen functional groups attached to an aromatic ring is 1. The number of hydrogen-bond acceptors (Lipinski definition) is 3. The molecule has 0 aliphatic rings. The Morgan fingerprint density at radius 2 is 2.16 bits per heavy atom. The van der Waals surface area contributed by atoms with E-state index >= 15 is 0 Å². The van der Waals surface area contributed by atoms with E-state index in [4.69, 9.17) is 5.73 Å². The van der Waals surface area contributed by atoms with Crippen molar-refractivity contribution in [3.8, 4) is 0 Å². The molecule has 2 N–H and O–H groups in total. The van der Waals surface area contributed by atoms with Crippen LogP contribution in [0.1, 0.15) is 30.6 Å². The Morgan fingerprint density at radius 3 is 2.74 bits per heavy atom. The van der Waals surface area contributed by atoms with Crippen molar-refractivity contribution in [3.05, 3.63) is 29.8 Å². The summed E-state index contributed by atoms with van der Waals surface area (Å²) in [5, 5.41) is 0. The van der Waals surface area contributed by atoms with Crippen LogP contribution in [0, 0.1) is 0 Å². The molecule has 1 aromatic rings. The summed E-state index contributed by atoms with van der Waals surface area (Å²) < 4.78 is 0. The summed E-state index contributed by atoms with van der Waals surface area (Å²) in [4.78, 5) is 14.0. The number of carbonyl (C=O) groups excluding carboxylic acids is 1. The quantitative estimate of drug-likeness (QED) is 0.648. The van der Waals surface area contributed by atoms with E-state index in [0.29, 0.717) is 11.3 Å². The van der Waals surface area contributed by atoms with Crippen LogP contribution in [-0.2, 0) is 0 Å². The van der Waals surface area contributed by atoms with Gasteiger partial charge >= 0.3 is 0 Å². The molecule has 0 aromatic heterocycles. The summed E-state index contributed by atoms with van der Waals surface area (Å²) in [7, 11) is 1.85. The fourth-order valence-electron chi connectivity index (χ4n) is 1.67. The molecule has 0 saturated carbocycles. The van der Waals surface area contributed by atoms with Crippen LogP contribution in [0.25, 0.3) is 0 Å². The number of rotatable bonds is 6. The maximum atomic E-state index is 12.2. The molecule has 3 nitrogen and oxygen atoms in total. The highest BCUT2D eigenvalue weighted by Crippen LogP contribution is 2.13. The van der Waals surface area contributed by atoms with Gasteiger partial charge in [-0.05, 0) is 43.0 Å². The van der Waals surface area contributed by atoms with E-state index in [0.717, 1.165) is 17.9 Å². The number of halogens is 1. The largest absolute Gasteiger partial charge is 0.399 e. The lowest BCUT2D eigenvalue weighted by molar-refractivity contribution is 0.0741. The van der Waals surface area contributed by atoms with Crippen LogP contribution in [0.4, 0.5) is 5.69 Å². The highest BCUT2D eigenvalue weighted by atomic mass is 35.5. The molecule has 1 unspecified atom stereocenters. The van der Waals surface area contributed by atoms with Crippen molar-refractivity contribution in [2.45, 2.75) is 26.3 Å². The molecule has 0 bridgehead atoms. The molecule has 1 rings (SSSR count). The van der Waals surface area contributed by atoms with Gasteiger partial charge in [-0.25, -0.2) is 0 Å². The summed E-state index contributed by atoms with van der Waals surface area (Å²) in [6.45, 7) is 4.23. The van der Waals surface area contributed by atoms with Crippen molar-refractivity contribution >= 4 is 35.8 Å². The third-order valence-electron chi connectivity index (χ3n) is 3.00. The molecule has 1 atom stereocenters. The molecular weight excluding hydrogens is 280 g/mol. The van der Waals surface area contributed by atoms with Crippen LogP contribution >= 0.6 is 24.2 Å². The normalized spacial score (nSPS) is 11.5. The summed E-state index contributed by atoms with van der Waals surface area (Å²) in [6.07, 6.45) is 1.02. The number of benzene rings is 1. The SMILES string of the molecule is CCSCCC(C)N(C)C(=O)c1cccc(N)c1.Cl. The molecule has 1 amide bonds. The Kier molecular flexibility index (Phi) is 8.68.